The minimum Gasteiger partial charge on any atom is -0.364 e. The number of hydrogen-bond acceptors (Lipinski definition) is 9. The van der Waals surface area contributed by atoms with Gasteiger partial charge < -0.3 is 10.6 Å². The van der Waals surface area contributed by atoms with Crippen molar-refractivity contribution >= 4 is 37.7 Å². The Morgan fingerprint density at radius 2 is 2.20 bits per heavy atom. The molecule has 0 saturated carbocycles. The van der Waals surface area contributed by atoms with Crippen molar-refractivity contribution in [2.45, 2.75) is 0 Å². The number of amidine groups is 1. The second-order valence-corrected chi connectivity index (χ2v) is 6.80. The molecule has 11 nitrogen and oxygen atoms in total. The van der Waals surface area contributed by atoms with Gasteiger partial charge in [-0.05, 0) is 44.5 Å². The molecule has 6 N–H and O–H groups in total. The largest absolute Gasteiger partial charge is 0.364 e. The molecular weight excluding hydrogens is 425 g/mol. The lowest BCUT2D eigenvalue weighted by Crippen LogP contribution is -2.38. The van der Waals surface area contributed by atoms with E-state index in [2.05, 4.69) is 52.0 Å². The van der Waals surface area contributed by atoms with E-state index in [0.29, 0.717) is 5.69 Å². The number of rotatable bonds is 7. The second-order valence-electron chi connectivity index (χ2n) is 4.57. The summed E-state index contributed by atoms with van der Waals surface area (Å²) < 4.78 is 37.0. The first-order chi connectivity index (χ1) is 11.8. The Kier molecular flexibility index (Phi) is 6.24. The lowest BCUT2D eigenvalue weighted by atomic mass is 10.3. The Hall–Kier alpha value is -2.29. The van der Waals surface area contributed by atoms with Crippen molar-refractivity contribution in [3.63, 3.8) is 0 Å². The number of nitrogens with two attached hydrogens (primary N) is 1. The number of nitroso groups, excluding NO2 is 1. The molecule has 1 aliphatic rings. The molecule has 0 radical (unpaired) electrons. The number of benzene rings is 1. The van der Waals surface area contributed by atoms with E-state index >= 15 is 0 Å². The quantitative estimate of drug-likeness (QED) is 0.300. The zero-order valence-corrected chi connectivity index (χ0v) is 14.8. The monoisotopic (exact) mass is 437 g/mol. The smallest absolute Gasteiger partial charge is 0.274 e. The average Bonchev–Trinajstić information content (AvgIpc) is 3.00. The van der Waals surface area contributed by atoms with Crippen molar-refractivity contribution < 1.29 is 17.7 Å². The molecule has 0 amide bonds. The van der Waals surface area contributed by atoms with Crippen LogP contribution in [0.5, 0.6) is 0 Å². The molecule has 0 aliphatic carbocycles. The Bertz CT molecular complexity index is 830. The van der Waals surface area contributed by atoms with Gasteiger partial charge in [-0.2, -0.15) is 13.9 Å². The van der Waals surface area contributed by atoms with E-state index in [1.165, 1.54) is 18.2 Å². The predicted octanol–water partition coefficient (Wildman–Crippen LogP) is 0.167. The van der Waals surface area contributed by atoms with Gasteiger partial charge in [-0.3, -0.25) is 4.94 Å². The van der Waals surface area contributed by atoms with Crippen LogP contribution in [0.3, 0.4) is 0 Å². The minimum absolute atomic E-state index is 0.0205. The second kappa shape index (κ2) is 8.19. The highest BCUT2D eigenvalue weighted by Crippen LogP contribution is 2.22. The molecule has 14 heteroatoms. The Morgan fingerprint density at radius 1 is 1.44 bits per heavy atom. The summed E-state index contributed by atoms with van der Waals surface area (Å²) in [6, 6.07) is 4.02. The fraction of sp³-hybridized carbons (Fsp3) is 0.182. The zero-order valence-electron chi connectivity index (χ0n) is 12.4. The van der Waals surface area contributed by atoms with Gasteiger partial charge in [0.2, 0.25) is 5.82 Å². The fourth-order valence-corrected chi connectivity index (χ4v) is 2.47. The topological polar surface area (TPSA) is 159 Å². The maximum absolute atomic E-state index is 13.2. The van der Waals surface area contributed by atoms with Gasteiger partial charge in [-0.15, -0.1) is 4.91 Å². The summed E-state index contributed by atoms with van der Waals surface area (Å²) in [4.78, 5) is 15.8. The van der Waals surface area contributed by atoms with Gasteiger partial charge >= 0.3 is 0 Å². The number of nitrogens with one attached hydrogen (secondary N) is 4. The Morgan fingerprint density at radius 3 is 2.84 bits per heavy atom. The van der Waals surface area contributed by atoms with E-state index < -0.39 is 16.0 Å². The third kappa shape index (κ3) is 5.63. The van der Waals surface area contributed by atoms with Crippen molar-refractivity contribution in [2.24, 2.45) is 15.5 Å². The molecule has 136 valence electrons. The molecule has 1 aromatic carbocycles. The summed E-state index contributed by atoms with van der Waals surface area (Å²) in [5, 5.41) is 16.7. The summed E-state index contributed by atoms with van der Waals surface area (Å²) in [5.41, 5.74) is 2.85. The molecule has 0 unspecified atom stereocenters. The van der Waals surface area contributed by atoms with Crippen LogP contribution in [-0.2, 0) is 15.1 Å². The molecule has 1 aliphatic heterocycles. The summed E-state index contributed by atoms with van der Waals surface area (Å²) >= 11 is 3.03. The molecule has 0 bridgehead atoms. The van der Waals surface area contributed by atoms with Crippen LogP contribution in [0.4, 0.5) is 10.1 Å². The summed E-state index contributed by atoms with van der Waals surface area (Å²) in [6.45, 7) is 0.0886. The fourth-order valence-electron chi connectivity index (χ4n) is 1.71. The number of nitrogens with zero attached hydrogens (tertiary/aromatic N) is 2. The van der Waals surface area contributed by atoms with Crippen molar-refractivity contribution in [1.82, 2.24) is 15.5 Å². The third-order valence-electron chi connectivity index (χ3n) is 2.75. The van der Waals surface area contributed by atoms with Crippen molar-refractivity contribution in [1.29, 1.82) is 0 Å². The molecule has 25 heavy (non-hydrogen) atoms. The molecule has 0 aromatic heterocycles. The van der Waals surface area contributed by atoms with Crippen LogP contribution in [0.25, 0.3) is 0 Å². The molecule has 1 heterocycles. The van der Waals surface area contributed by atoms with E-state index in [-0.39, 0.29) is 34.9 Å². The lowest BCUT2D eigenvalue weighted by Gasteiger charge is -2.10. The van der Waals surface area contributed by atoms with E-state index in [4.69, 9.17) is 5.14 Å². The molecule has 1 aromatic rings. The number of hydroxylamine groups is 1. The molecule has 0 spiro atoms. The van der Waals surface area contributed by atoms with E-state index in [9.17, 15) is 17.7 Å². The first-order valence-electron chi connectivity index (χ1n) is 6.61. The SMILES string of the molecule is NS(=O)(=O)NCCNC1=NON/C1=C(/N=O)Nc1ccc(F)c(Br)c1. The Labute approximate surface area is 150 Å². The van der Waals surface area contributed by atoms with Crippen molar-refractivity contribution in [2.75, 3.05) is 18.4 Å². The molecule has 2 rings (SSSR count). The van der Waals surface area contributed by atoms with Gasteiger partial charge in [0.05, 0.1) is 4.47 Å². The summed E-state index contributed by atoms with van der Waals surface area (Å²) in [6.07, 6.45) is 0. The molecule has 0 fully saturated rings. The van der Waals surface area contributed by atoms with Crippen LogP contribution in [0, 0.1) is 10.7 Å². The van der Waals surface area contributed by atoms with Crippen LogP contribution in [0.2, 0.25) is 0 Å². The van der Waals surface area contributed by atoms with Gasteiger partial charge in [0.15, 0.2) is 11.5 Å². The van der Waals surface area contributed by atoms with E-state index in [1.807, 2.05) is 0 Å². The zero-order chi connectivity index (χ0) is 18.4. The maximum atomic E-state index is 13.2. The number of anilines is 1. The number of hydrogen-bond donors (Lipinski definition) is 5. The lowest BCUT2D eigenvalue weighted by molar-refractivity contribution is 0.0898. The van der Waals surface area contributed by atoms with E-state index in [0.717, 1.165) is 0 Å². The number of halogens is 2. The third-order valence-corrected chi connectivity index (χ3v) is 3.97. The summed E-state index contributed by atoms with van der Waals surface area (Å²) in [7, 11) is -3.81. The van der Waals surface area contributed by atoms with Crippen LogP contribution >= 0.6 is 15.9 Å². The highest BCUT2D eigenvalue weighted by molar-refractivity contribution is 9.10. The van der Waals surface area contributed by atoms with Crippen LogP contribution < -0.4 is 26.0 Å². The Balaban J connectivity index is 2.07. The molecule has 0 atom stereocenters. The minimum atomic E-state index is -3.81. The molecule has 0 saturated heterocycles. The average molecular weight is 438 g/mol. The first kappa shape index (κ1) is 19.0. The van der Waals surface area contributed by atoms with Gasteiger partial charge in [0.1, 0.15) is 5.82 Å². The maximum Gasteiger partial charge on any atom is 0.274 e. The molecular formula is C11H13BrFN7O4S. The van der Waals surface area contributed by atoms with Gasteiger partial charge in [0, 0.05) is 18.8 Å². The highest BCUT2D eigenvalue weighted by Gasteiger charge is 2.21. The van der Waals surface area contributed by atoms with E-state index in [1.54, 1.807) is 0 Å². The summed E-state index contributed by atoms with van der Waals surface area (Å²) in [5.74, 6) is -0.534. The standard InChI is InChI=1S/C11H13BrFN7O4S/c12-7-5-6(1-2-8(7)13)17-11(18-21)9-10(20-24-19-9)15-3-4-16-25(14,22)23/h1-2,5,16-17,19H,3-4H2,(H,15,20)(H2,14,22,23)/b11-9+. The van der Waals surface area contributed by atoms with Gasteiger partial charge in [0.25, 0.3) is 10.2 Å². The van der Waals surface area contributed by atoms with Crippen molar-refractivity contribution in [3.05, 3.63) is 44.9 Å². The first-order valence-corrected chi connectivity index (χ1v) is 8.95. The van der Waals surface area contributed by atoms with Crippen molar-refractivity contribution in [3.8, 4) is 0 Å². The highest BCUT2D eigenvalue weighted by atomic mass is 79.9. The van der Waals surface area contributed by atoms with Crippen LogP contribution in [0.15, 0.2) is 44.5 Å². The number of oxime groups is 1. The normalized spacial score (nSPS) is 15.7. The van der Waals surface area contributed by atoms with Gasteiger partial charge in [-0.25, -0.2) is 14.3 Å². The van der Waals surface area contributed by atoms with Crippen LogP contribution in [0.1, 0.15) is 0 Å². The van der Waals surface area contributed by atoms with Crippen LogP contribution in [-0.4, -0.2) is 27.3 Å². The van der Waals surface area contributed by atoms with Gasteiger partial charge in [-0.1, -0.05) is 0 Å². The predicted molar refractivity (Wildman–Crippen MR) is 91.3 cm³/mol.